The third-order valence-electron chi connectivity index (χ3n) is 2.86. The van der Waals surface area contributed by atoms with E-state index in [0.717, 1.165) is 5.69 Å². The lowest BCUT2D eigenvalue weighted by Gasteiger charge is -2.21. The number of ether oxygens (including phenoxy) is 2. The van der Waals surface area contributed by atoms with Gasteiger partial charge in [-0.05, 0) is 18.1 Å². The Kier molecular flexibility index (Phi) is 5.88. The molecule has 5 nitrogen and oxygen atoms in total. The summed E-state index contributed by atoms with van der Waals surface area (Å²) in [5.74, 6) is 0.138. The summed E-state index contributed by atoms with van der Waals surface area (Å²) in [5, 5.41) is 3.40. The van der Waals surface area contributed by atoms with Crippen LogP contribution < -0.4 is 5.32 Å². The molecule has 1 rings (SSSR count). The number of H-pyrrole nitrogens is 1. The molecule has 1 atom stereocenters. The first-order chi connectivity index (χ1) is 8.58. The zero-order valence-electron chi connectivity index (χ0n) is 11.4. The minimum atomic E-state index is -0.349. The lowest BCUT2D eigenvalue weighted by molar-refractivity contribution is 0.0594. The highest BCUT2D eigenvalue weighted by Gasteiger charge is 2.13. The number of methoxy groups -OCH3 is 2. The monoisotopic (exact) mass is 254 g/mol. The van der Waals surface area contributed by atoms with E-state index in [1.54, 1.807) is 13.2 Å². The van der Waals surface area contributed by atoms with Gasteiger partial charge in [0.1, 0.15) is 5.69 Å². The van der Waals surface area contributed by atoms with Crippen molar-refractivity contribution in [3.05, 3.63) is 23.5 Å². The molecule has 0 radical (unpaired) electrons. The Labute approximate surface area is 108 Å². The lowest BCUT2D eigenvalue weighted by Crippen LogP contribution is -2.37. The van der Waals surface area contributed by atoms with Crippen molar-refractivity contribution in [2.24, 2.45) is 5.92 Å². The Morgan fingerprint density at radius 1 is 1.39 bits per heavy atom. The van der Waals surface area contributed by atoms with Crippen LogP contribution in [0.3, 0.4) is 0 Å². The Morgan fingerprint density at radius 3 is 2.67 bits per heavy atom. The van der Waals surface area contributed by atoms with E-state index in [9.17, 15) is 4.79 Å². The molecule has 1 aromatic rings. The van der Waals surface area contributed by atoms with E-state index in [-0.39, 0.29) is 5.97 Å². The Hall–Kier alpha value is -1.33. The summed E-state index contributed by atoms with van der Waals surface area (Å²) < 4.78 is 9.81. The van der Waals surface area contributed by atoms with Gasteiger partial charge in [-0.1, -0.05) is 13.8 Å². The second-order valence-corrected chi connectivity index (χ2v) is 4.58. The summed E-state index contributed by atoms with van der Waals surface area (Å²) in [6, 6.07) is 3.90. The van der Waals surface area contributed by atoms with Gasteiger partial charge in [-0.2, -0.15) is 0 Å². The van der Waals surface area contributed by atoms with Crippen molar-refractivity contribution < 1.29 is 14.3 Å². The molecule has 18 heavy (non-hydrogen) atoms. The second-order valence-electron chi connectivity index (χ2n) is 4.58. The Morgan fingerprint density at radius 2 is 2.11 bits per heavy atom. The first-order valence-electron chi connectivity index (χ1n) is 6.07. The third-order valence-corrected chi connectivity index (χ3v) is 2.86. The van der Waals surface area contributed by atoms with Gasteiger partial charge in [0.15, 0.2) is 0 Å². The Bertz CT molecular complexity index is 374. The number of hydrogen-bond acceptors (Lipinski definition) is 4. The zero-order valence-corrected chi connectivity index (χ0v) is 11.4. The molecule has 2 N–H and O–H groups in total. The van der Waals surface area contributed by atoms with Crippen LogP contribution >= 0.6 is 0 Å². The molecular weight excluding hydrogens is 232 g/mol. The fraction of sp³-hybridized carbons (Fsp3) is 0.615. The fourth-order valence-electron chi connectivity index (χ4n) is 1.68. The number of aromatic nitrogens is 1. The van der Waals surface area contributed by atoms with Crippen molar-refractivity contribution in [1.82, 2.24) is 10.3 Å². The molecule has 0 saturated heterocycles. The van der Waals surface area contributed by atoms with Crippen LogP contribution in [0.2, 0.25) is 0 Å². The molecule has 1 heterocycles. The predicted molar refractivity (Wildman–Crippen MR) is 69.5 cm³/mol. The van der Waals surface area contributed by atoms with E-state index in [1.807, 2.05) is 6.07 Å². The minimum Gasteiger partial charge on any atom is -0.464 e. The van der Waals surface area contributed by atoms with Gasteiger partial charge in [0.25, 0.3) is 0 Å². The normalized spacial score (nSPS) is 12.7. The third kappa shape index (κ3) is 4.16. The van der Waals surface area contributed by atoms with E-state index in [1.165, 1.54) is 7.11 Å². The van der Waals surface area contributed by atoms with E-state index >= 15 is 0 Å². The molecule has 0 bridgehead atoms. The maximum absolute atomic E-state index is 11.3. The van der Waals surface area contributed by atoms with E-state index in [4.69, 9.17) is 4.74 Å². The molecule has 0 spiro atoms. The second kappa shape index (κ2) is 7.18. The van der Waals surface area contributed by atoms with Crippen molar-refractivity contribution in [3.63, 3.8) is 0 Å². The van der Waals surface area contributed by atoms with Gasteiger partial charge < -0.3 is 19.8 Å². The zero-order chi connectivity index (χ0) is 13.5. The van der Waals surface area contributed by atoms with Crippen molar-refractivity contribution in [2.75, 3.05) is 20.8 Å². The summed E-state index contributed by atoms with van der Waals surface area (Å²) in [6.07, 6.45) is 0. The minimum absolute atomic E-state index is 0.292. The number of carbonyl (C=O) groups is 1. The first kappa shape index (κ1) is 14.7. The number of hydrogen-bond donors (Lipinski definition) is 2. The first-order valence-corrected chi connectivity index (χ1v) is 6.07. The molecule has 102 valence electrons. The van der Waals surface area contributed by atoms with Gasteiger partial charge in [-0.25, -0.2) is 4.79 Å². The molecule has 0 fully saturated rings. The van der Waals surface area contributed by atoms with Gasteiger partial charge >= 0.3 is 5.97 Å². The molecule has 1 aromatic heterocycles. The van der Waals surface area contributed by atoms with Gasteiger partial charge in [-0.3, -0.25) is 0 Å². The number of aromatic amines is 1. The van der Waals surface area contributed by atoms with Crippen molar-refractivity contribution >= 4 is 5.97 Å². The topological polar surface area (TPSA) is 63.4 Å². The van der Waals surface area contributed by atoms with E-state index < -0.39 is 0 Å². The molecule has 0 saturated carbocycles. The Balaban J connectivity index is 2.52. The summed E-state index contributed by atoms with van der Waals surface area (Å²) in [6.45, 7) is 5.63. The largest absolute Gasteiger partial charge is 0.464 e. The molecule has 1 unspecified atom stereocenters. The van der Waals surface area contributed by atoms with Crippen LogP contribution in [0.25, 0.3) is 0 Å². The number of rotatable bonds is 7. The van der Waals surface area contributed by atoms with Crippen LogP contribution in [0.1, 0.15) is 30.0 Å². The number of nitrogens with one attached hydrogen (secondary N) is 2. The van der Waals surface area contributed by atoms with Crippen LogP contribution in [0, 0.1) is 5.92 Å². The van der Waals surface area contributed by atoms with Crippen molar-refractivity contribution in [2.45, 2.75) is 26.4 Å². The van der Waals surface area contributed by atoms with Crippen LogP contribution in [-0.4, -0.2) is 37.8 Å². The van der Waals surface area contributed by atoms with E-state index in [0.29, 0.717) is 30.8 Å². The molecule has 0 aromatic carbocycles. The molecule has 0 aliphatic rings. The van der Waals surface area contributed by atoms with Gasteiger partial charge in [0.2, 0.25) is 0 Å². The summed E-state index contributed by atoms with van der Waals surface area (Å²) >= 11 is 0. The van der Waals surface area contributed by atoms with Crippen LogP contribution in [0.5, 0.6) is 0 Å². The fourth-order valence-corrected chi connectivity index (χ4v) is 1.68. The smallest absolute Gasteiger partial charge is 0.354 e. The quantitative estimate of drug-likeness (QED) is 0.725. The van der Waals surface area contributed by atoms with Crippen molar-refractivity contribution in [3.8, 4) is 0 Å². The van der Waals surface area contributed by atoms with Crippen LogP contribution in [0.4, 0.5) is 0 Å². The summed E-state index contributed by atoms with van der Waals surface area (Å²) in [4.78, 5) is 14.3. The molecular formula is C13H22N2O3. The summed E-state index contributed by atoms with van der Waals surface area (Å²) in [7, 11) is 3.07. The molecule has 5 heteroatoms. The number of carbonyl (C=O) groups excluding carboxylic acids is 1. The van der Waals surface area contributed by atoms with Crippen molar-refractivity contribution in [1.29, 1.82) is 0 Å². The summed E-state index contributed by atoms with van der Waals surface area (Å²) in [5.41, 5.74) is 1.43. The number of esters is 1. The highest BCUT2D eigenvalue weighted by atomic mass is 16.5. The average Bonchev–Trinajstić information content (AvgIpc) is 2.81. The molecule has 0 amide bonds. The van der Waals surface area contributed by atoms with Gasteiger partial charge in [0, 0.05) is 25.4 Å². The van der Waals surface area contributed by atoms with Gasteiger partial charge in [0.05, 0.1) is 13.7 Å². The van der Waals surface area contributed by atoms with Crippen LogP contribution in [0.15, 0.2) is 12.1 Å². The maximum atomic E-state index is 11.3. The maximum Gasteiger partial charge on any atom is 0.354 e. The average molecular weight is 254 g/mol. The molecule has 0 aliphatic heterocycles. The SMILES string of the molecule is COCC(NCc1ccc(C(=O)OC)[nH]1)C(C)C. The molecule has 0 aliphatic carbocycles. The highest BCUT2D eigenvalue weighted by molar-refractivity contribution is 5.87. The van der Waals surface area contributed by atoms with Crippen LogP contribution in [-0.2, 0) is 16.0 Å². The predicted octanol–water partition coefficient (Wildman–Crippen LogP) is 1.56. The van der Waals surface area contributed by atoms with E-state index in [2.05, 4.69) is 28.9 Å². The lowest BCUT2D eigenvalue weighted by atomic mass is 10.1. The standard InChI is InChI=1S/C13H22N2O3/c1-9(2)12(8-17-3)14-7-10-5-6-11(15-10)13(16)18-4/h5-6,9,12,14-15H,7-8H2,1-4H3. The van der Waals surface area contributed by atoms with Gasteiger partial charge in [-0.15, -0.1) is 0 Å². The highest BCUT2D eigenvalue weighted by Crippen LogP contribution is 2.06.